The fraction of sp³-hybridized carbons (Fsp3) is 0. The number of urea groups is 1. The molecule has 1 aliphatic rings. The lowest BCUT2D eigenvalue weighted by atomic mass is 10.9. The highest BCUT2D eigenvalue weighted by Crippen LogP contribution is 2.42. The molecule has 7 heteroatoms. The predicted molar refractivity (Wildman–Crippen MR) is 34.4 cm³/mol. The molecule has 0 atom stereocenters. The Morgan fingerprint density at radius 1 is 1.40 bits per heavy atom. The molecule has 0 aromatic rings. The summed E-state index contributed by atoms with van der Waals surface area (Å²) < 4.78 is 14.1. The van der Waals surface area contributed by atoms with Gasteiger partial charge < -0.3 is 0 Å². The highest BCUT2D eigenvalue weighted by molar-refractivity contribution is 7.44. The summed E-state index contributed by atoms with van der Waals surface area (Å²) in [5, 5.41) is 0. The van der Waals surface area contributed by atoms with Gasteiger partial charge in [0.05, 0.1) is 12.4 Å². The van der Waals surface area contributed by atoms with E-state index in [4.69, 9.17) is 9.79 Å². The first kappa shape index (κ1) is 7.27. The van der Waals surface area contributed by atoms with E-state index >= 15 is 0 Å². The van der Waals surface area contributed by atoms with E-state index in [9.17, 15) is 4.57 Å². The van der Waals surface area contributed by atoms with Crippen LogP contribution >= 0.6 is 7.82 Å². The number of nitrogens with zero attached hydrogens (tertiary/aromatic N) is 2. The molecule has 0 bridgehead atoms. The molecule has 6 nitrogen and oxygen atoms in total. The Bertz CT molecular complexity index is 248. The zero-order valence-corrected chi connectivity index (χ0v) is 5.60. The number of phosphoric acid groups is 1. The molecular formula is C3H4N2O4P+. The summed E-state index contributed by atoms with van der Waals surface area (Å²) in [7, 11) is -4.48. The van der Waals surface area contributed by atoms with E-state index < -0.39 is 7.82 Å². The highest BCUT2D eigenvalue weighted by atomic mass is 31.2. The lowest BCUT2D eigenvalue weighted by molar-refractivity contribution is 0.00399. The van der Waals surface area contributed by atoms with Crippen molar-refractivity contribution in [3.05, 3.63) is 0 Å². The van der Waals surface area contributed by atoms with Crippen LogP contribution in [0.2, 0.25) is 0 Å². The van der Waals surface area contributed by atoms with Crippen LogP contribution in [-0.4, -0.2) is 28.2 Å². The SMILES string of the molecule is O=P(O)(O)[O+]=C1N=CC=N1. The zero-order valence-electron chi connectivity index (χ0n) is 4.71. The number of rotatable bonds is 1. The standard InChI is InChI=1S/C3H3N2O4P/c6-10(7,8)9-3-4-1-2-5-3/h1-2H,(H-,6,7,8)/p+1. The summed E-state index contributed by atoms with van der Waals surface area (Å²) in [6, 6.07) is -0.312. The van der Waals surface area contributed by atoms with Crippen LogP contribution in [-0.2, 0) is 4.57 Å². The van der Waals surface area contributed by atoms with E-state index in [2.05, 4.69) is 14.2 Å². The quantitative estimate of drug-likeness (QED) is 0.417. The van der Waals surface area contributed by atoms with Crippen LogP contribution in [0.25, 0.3) is 0 Å². The molecular weight excluding hydrogens is 159 g/mol. The zero-order chi connectivity index (χ0) is 7.61. The summed E-state index contributed by atoms with van der Waals surface area (Å²) in [6.45, 7) is 0. The maximum absolute atomic E-state index is 10.1. The van der Waals surface area contributed by atoms with Crippen LogP contribution in [0.15, 0.2) is 9.98 Å². The van der Waals surface area contributed by atoms with Gasteiger partial charge in [0.1, 0.15) is 0 Å². The van der Waals surface area contributed by atoms with Crippen molar-refractivity contribution in [2.24, 2.45) is 9.98 Å². The van der Waals surface area contributed by atoms with Crippen LogP contribution in [0.4, 0.5) is 4.21 Å². The minimum atomic E-state index is -4.48. The minimum absolute atomic E-state index is 0.312. The number of hydrogen-bond donors (Lipinski definition) is 2. The molecule has 0 spiro atoms. The second-order valence-corrected chi connectivity index (χ2v) is 2.58. The molecule has 2 amide bonds. The van der Waals surface area contributed by atoms with Crippen LogP contribution in [0.1, 0.15) is 0 Å². The van der Waals surface area contributed by atoms with Crippen molar-refractivity contribution in [2.45, 2.75) is 0 Å². The van der Waals surface area contributed by atoms with Gasteiger partial charge >= 0.3 is 13.9 Å². The van der Waals surface area contributed by atoms with E-state index in [1.165, 1.54) is 12.4 Å². The van der Waals surface area contributed by atoms with Gasteiger partial charge in [0.25, 0.3) is 0 Å². The van der Waals surface area contributed by atoms with Crippen LogP contribution in [0.5, 0.6) is 0 Å². The van der Waals surface area contributed by atoms with Gasteiger partial charge in [0, 0.05) is 0 Å². The molecule has 0 fully saturated rings. The van der Waals surface area contributed by atoms with Crippen LogP contribution < -0.4 is 0 Å². The molecule has 2 N–H and O–H groups in total. The molecule has 54 valence electrons. The van der Waals surface area contributed by atoms with Gasteiger partial charge in [-0.05, 0) is 0 Å². The van der Waals surface area contributed by atoms with Gasteiger partial charge in [-0.25, -0.2) is 9.79 Å². The lowest BCUT2D eigenvalue weighted by Gasteiger charge is -1.76. The van der Waals surface area contributed by atoms with Crippen molar-refractivity contribution in [1.82, 2.24) is 0 Å². The van der Waals surface area contributed by atoms with E-state index in [0.717, 1.165) is 0 Å². The number of hydrogen-bond acceptors (Lipinski definition) is 1. The van der Waals surface area contributed by atoms with Crippen molar-refractivity contribution in [3.63, 3.8) is 0 Å². The minimum Gasteiger partial charge on any atom is -0.245 e. The van der Waals surface area contributed by atoms with E-state index in [0.29, 0.717) is 0 Å². The van der Waals surface area contributed by atoms with Crippen LogP contribution in [0.3, 0.4) is 0 Å². The molecule has 10 heavy (non-hydrogen) atoms. The van der Waals surface area contributed by atoms with Crippen LogP contribution in [0, 0.1) is 0 Å². The van der Waals surface area contributed by atoms with Gasteiger partial charge in [0.2, 0.25) is 0 Å². The third-order valence-corrected chi connectivity index (χ3v) is 1.04. The third kappa shape index (κ3) is 2.18. The first-order valence-corrected chi connectivity index (χ1v) is 3.80. The van der Waals surface area contributed by atoms with Crippen molar-refractivity contribution in [2.75, 3.05) is 0 Å². The fourth-order valence-corrected chi connectivity index (χ4v) is 0.688. The van der Waals surface area contributed by atoms with Gasteiger partial charge in [-0.1, -0.05) is 0 Å². The van der Waals surface area contributed by atoms with E-state index in [1.54, 1.807) is 0 Å². The smallest absolute Gasteiger partial charge is 0.245 e. The topological polar surface area (TPSA) is 93.5 Å². The normalized spacial score (nSPS) is 16.4. The average molecular weight is 163 g/mol. The summed E-state index contributed by atoms with van der Waals surface area (Å²) in [5.74, 6) is 0. The number of aliphatic imine (C=N–C) groups is 2. The van der Waals surface area contributed by atoms with Gasteiger partial charge in [0.15, 0.2) is 0 Å². The summed E-state index contributed by atoms with van der Waals surface area (Å²) >= 11 is 0. The fourth-order valence-electron chi connectivity index (χ4n) is 0.381. The van der Waals surface area contributed by atoms with Gasteiger partial charge in [-0.3, -0.25) is 0 Å². The molecule has 0 saturated heterocycles. The molecule has 0 saturated carbocycles. The highest BCUT2D eigenvalue weighted by Gasteiger charge is 2.31. The largest absolute Gasteiger partial charge is 0.766 e. The van der Waals surface area contributed by atoms with Gasteiger partial charge in [-0.15, -0.1) is 14.2 Å². The van der Waals surface area contributed by atoms with E-state index in [1.807, 2.05) is 0 Å². The first-order chi connectivity index (χ1) is 4.58. The van der Waals surface area contributed by atoms with Crippen molar-refractivity contribution in [1.29, 1.82) is 0 Å². The Morgan fingerprint density at radius 2 is 1.90 bits per heavy atom. The van der Waals surface area contributed by atoms with Gasteiger partial charge in [-0.2, -0.15) is 4.57 Å². The number of carbonyl (C=O) groups excluding carboxylic acids is 1. The molecule has 0 radical (unpaired) electrons. The second kappa shape index (κ2) is 2.42. The van der Waals surface area contributed by atoms with Crippen molar-refractivity contribution < 1.29 is 18.6 Å². The monoisotopic (exact) mass is 163 g/mol. The third-order valence-electron chi connectivity index (χ3n) is 0.637. The summed E-state index contributed by atoms with van der Waals surface area (Å²) in [4.78, 5) is 23.1. The maximum Gasteiger partial charge on any atom is 0.766 e. The maximum atomic E-state index is 10.1. The van der Waals surface area contributed by atoms with Crippen molar-refractivity contribution in [3.8, 4) is 0 Å². The summed E-state index contributed by atoms with van der Waals surface area (Å²) in [6.07, 6.45) is 2.54. The Hall–Kier alpha value is -0.840. The van der Waals surface area contributed by atoms with Crippen molar-refractivity contribution >= 4 is 26.3 Å². The Morgan fingerprint density at radius 3 is 2.30 bits per heavy atom. The first-order valence-electron chi connectivity index (χ1n) is 2.27. The van der Waals surface area contributed by atoms with E-state index in [-0.39, 0.29) is 6.03 Å². The molecule has 0 aromatic heterocycles. The molecule has 0 aliphatic carbocycles. The molecule has 1 rings (SSSR count). The summed E-state index contributed by atoms with van der Waals surface area (Å²) in [5.41, 5.74) is 0. The molecule has 1 heterocycles. The Balaban J connectivity index is 2.83. The number of amides is 2. The lowest BCUT2D eigenvalue weighted by Crippen LogP contribution is -1.79. The average Bonchev–Trinajstić information content (AvgIpc) is 2.12. The second-order valence-electron chi connectivity index (χ2n) is 1.42. The predicted octanol–water partition coefficient (Wildman–Crippen LogP) is -0.110. The Kier molecular flexibility index (Phi) is 1.76. The molecule has 0 unspecified atom stereocenters. The molecule has 0 aromatic carbocycles. The molecule has 1 aliphatic heterocycles. The Labute approximate surface area is 55.9 Å².